The van der Waals surface area contributed by atoms with E-state index >= 15 is 0 Å². The van der Waals surface area contributed by atoms with Crippen molar-refractivity contribution in [2.24, 2.45) is 5.92 Å². The first kappa shape index (κ1) is 15.8. The molecule has 0 unspecified atom stereocenters. The van der Waals surface area contributed by atoms with Crippen LogP contribution in [0.15, 0.2) is 0 Å². The van der Waals surface area contributed by atoms with Crippen LogP contribution < -0.4 is 10.6 Å². The molecule has 20 heavy (non-hydrogen) atoms. The third kappa shape index (κ3) is 5.06. The van der Waals surface area contributed by atoms with Crippen LogP contribution in [0.25, 0.3) is 0 Å². The third-order valence-corrected chi connectivity index (χ3v) is 4.88. The summed E-state index contributed by atoms with van der Waals surface area (Å²) in [5, 5.41) is 6.49. The van der Waals surface area contributed by atoms with Gasteiger partial charge >= 0.3 is 0 Å². The zero-order chi connectivity index (χ0) is 14.2. The first-order valence-electron chi connectivity index (χ1n) is 8.46. The summed E-state index contributed by atoms with van der Waals surface area (Å²) in [5.74, 6) is 0.509. The van der Waals surface area contributed by atoms with Crippen molar-refractivity contribution in [1.29, 1.82) is 0 Å². The van der Waals surface area contributed by atoms with Crippen LogP contribution in [-0.2, 0) is 4.79 Å². The maximum atomic E-state index is 12.1. The van der Waals surface area contributed by atoms with E-state index in [4.69, 9.17) is 0 Å². The minimum absolute atomic E-state index is 0.234. The molecule has 4 nitrogen and oxygen atoms in total. The van der Waals surface area contributed by atoms with Gasteiger partial charge in [0.25, 0.3) is 0 Å². The number of amides is 1. The molecule has 1 aliphatic heterocycles. The standard InChI is InChI=1S/C16H31N3O/c1-19(15-7-2-3-8-15)13-5-11-18-16(20)14-6-4-10-17-12-9-14/h14-15,17H,2-13H2,1H3,(H,18,20)/t14-/m0/s1. The van der Waals surface area contributed by atoms with E-state index in [1.54, 1.807) is 0 Å². The molecule has 0 spiro atoms. The highest BCUT2D eigenvalue weighted by molar-refractivity contribution is 5.78. The van der Waals surface area contributed by atoms with Gasteiger partial charge in [0, 0.05) is 18.5 Å². The number of hydrogen-bond acceptors (Lipinski definition) is 3. The van der Waals surface area contributed by atoms with Gasteiger partial charge in [-0.1, -0.05) is 12.8 Å². The predicted octanol–water partition coefficient (Wildman–Crippen LogP) is 1.76. The molecule has 1 saturated heterocycles. The van der Waals surface area contributed by atoms with Crippen LogP contribution in [0, 0.1) is 5.92 Å². The lowest BCUT2D eigenvalue weighted by Crippen LogP contribution is -2.35. The van der Waals surface area contributed by atoms with Crippen molar-refractivity contribution in [2.75, 3.05) is 33.2 Å². The fourth-order valence-corrected chi connectivity index (χ4v) is 3.49. The Morgan fingerprint density at radius 1 is 1.15 bits per heavy atom. The first-order chi connectivity index (χ1) is 9.77. The van der Waals surface area contributed by atoms with Crippen molar-refractivity contribution in [1.82, 2.24) is 15.5 Å². The zero-order valence-corrected chi connectivity index (χ0v) is 13.0. The van der Waals surface area contributed by atoms with Gasteiger partial charge in [0.2, 0.25) is 5.91 Å². The predicted molar refractivity (Wildman–Crippen MR) is 82.7 cm³/mol. The highest BCUT2D eigenvalue weighted by atomic mass is 16.1. The molecule has 0 aromatic rings. The quantitative estimate of drug-likeness (QED) is 0.729. The number of nitrogens with one attached hydrogen (secondary N) is 2. The minimum Gasteiger partial charge on any atom is -0.356 e. The smallest absolute Gasteiger partial charge is 0.223 e. The van der Waals surface area contributed by atoms with Crippen LogP contribution in [0.1, 0.15) is 51.4 Å². The van der Waals surface area contributed by atoms with Crippen molar-refractivity contribution in [2.45, 2.75) is 57.4 Å². The largest absolute Gasteiger partial charge is 0.356 e. The van der Waals surface area contributed by atoms with E-state index < -0.39 is 0 Å². The lowest BCUT2D eigenvalue weighted by Gasteiger charge is -2.24. The van der Waals surface area contributed by atoms with E-state index in [1.807, 2.05) is 0 Å². The normalized spacial score (nSPS) is 24.8. The van der Waals surface area contributed by atoms with Gasteiger partial charge in [-0.05, 0) is 65.2 Å². The summed E-state index contributed by atoms with van der Waals surface area (Å²) < 4.78 is 0. The molecule has 0 aromatic heterocycles. The zero-order valence-electron chi connectivity index (χ0n) is 13.0. The van der Waals surface area contributed by atoms with E-state index in [9.17, 15) is 4.79 Å². The third-order valence-electron chi connectivity index (χ3n) is 4.88. The van der Waals surface area contributed by atoms with E-state index in [0.717, 1.165) is 57.9 Å². The van der Waals surface area contributed by atoms with Crippen molar-refractivity contribution in [3.05, 3.63) is 0 Å². The topological polar surface area (TPSA) is 44.4 Å². The maximum absolute atomic E-state index is 12.1. The molecule has 0 aromatic carbocycles. The molecule has 1 aliphatic carbocycles. The Labute approximate surface area is 123 Å². The van der Waals surface area contributed by atoms with E-state index in [-0.39, 0.29) is 11.8 Å². The van der Waals surface area contributed by atoms with Gasteiger partial charge in [0.05, 0.1) is 0 Å². The van der Waals surface area contributed by atoms with E-state index in [0.29, 0.717) is 0 Å². The summed E-state index contributed by atoms with van der Waals surface area (Å²) in [6, 6.07) is 0.790. The fraction of sp³-hybridized carbons (Fsp3) is 0.938. The summed E-state index contributed by atoms with van der Waals surface area (Å²) >= 11 is 0. The molecule has 2 rings (SSSR count). The Kier molecular flexibility index (Phi) is 6.80. The summed E-state index contributed by atoms with van der Waals surface area (Å²) in [6.07, 6.45) is 9.74. The molecule has 2 N–H and O–H groups in total. The number of rotatable bonds is 6. The second-order valence-electron chi connectivity index (χ2n) is 6.44. The Bertz CT molecular complexity index is 281. The van der Waals surface area contributed by atoms with Crippen molar-refractivity contribution in [3.63, 3.8) is 0 Å². The monoisotopic (exact) mass is 281 g/mol. The minimum atomic E-state index is 0.234. The number of carbonyl (C=O) groups excluding carboxylic acids is 1. The van der Waals surface area contributed by atoms with E-state index in [1.165, 1.54) is 25.7 Å². The SMILES string of the molecule is CN(CCCNC(=O)[C@H]1CCCNCC1)C1CCCC1. The summed E-state index contributed by atoms with van der Waals surface area (Å²) in [6.45, 7) is 4.00. The molecule has 0 radical (unpaired) electrons. The van der Waals surface area contributed by atoms with Gasteiger partial charge in [-0.25, -0.2) is 0 Å². The van der Waals surface area contributed by atoms with Crippen LogP contribution in [0.2, 0.25) is 0 Å². The summed E-state index contributed by atoms with van der Waals surface area (Å²) in [4.78, 5) is 14.6. The lowest BCUT2D eigenvalue weighted by molar-refractivity contribution is -0.125. The average molecular weight is 281 g/mol. The Hall–Kier alpha value is -0.610. The van der Waals surface area contributed by atoms with Gasteiger partial charge in [-0.2, -0.15) is 0 Å². The second-order valence-corrected chi connectivity index (χ2v) is 6.44. The van der Waals surface area contributed by atoms with Crippen LogP contribution in [0.5, 0.6) is 0 Å². The molecular formula is C16H31N3O. The summed E-state index contributed by atoms with van der Waals surface area (Å²) in [7, 11) is 2.23. The second kappa shape index (κ2) is 8.63. The van der Waals surface area contributed by atoms with Crippen LogP contribution >= 0.6 is 0 Å². The number of carbonyl (C=O) groups is 1. The van der Waals surface area contributed by atoms with Crippen LogP contribution in [0.4, 0.5) is 0 Å². The number of nitrogens with zero attached hydrogens (tertiary/aromatic N) is 1. The molecular weight excluding hydrogens is 250 g/mol. The van der Waals surface area contributed by atoms with Gasteiger partial charge in [-0.15, -0.1) is 0 Å². The van der Waals surface area contributed by atoms with Gasteiger partial charge in [0.1, 0.15) is 0 Å². The molecule has 4 heteroatoms. The van der Waals surface area contributed by atoms with Crippen LogP contribution in [-0.4, -0.2) is 50.1 Å². The van der Waals surface area contributed by atoms with Gasteiger partial charge < -0.3 is 15.5 Å². The lowest BCUT2D eigenvalue weighted by atomic mass is 10.00. The first-order valence-corrected chi connectivity index (χ1v) is 8.46. The Balaban J connectivity index is 1.56. The molecule has 1 heterocycles. The molecule has 1 saturated carbocycles. The molecule has 2 fully saturated rings. The molecule has 0 bridgehead atoms. The molecule has 2 aliphatic rings. The average Bonchev–Trinajstić information content (AvgIpc) is 2.85. The van der Waals surface area contributed by atoms with E-state index in [2.05, 4.69) is 22.6 Å². The molecule has 116 valence electrons. The van der Waals surface area contributed by atoms with Crippen LogP contribution in [0.3, 0.4) is 0 Å². The Morgan fingerprint density at radius 3 is 2.75 bits per heavy atom. The Morgan fingerprint density at radius 2 is 1.95 bits per heavy atom. The van der Waals surface area contributed by atoms with Gasteiger partial charge in [0.15, 0.2) is 0 Å². The fourth-order valence-electron chi connectivity index (χ4n) is 3.49. The van der Waals surface area contributed by atoms with Crippen molar-refractivity contribution >= 4 is 5.91 Å². The highest BCUT2D eigenvalue weighted by Gasteiger charge is 2.20. The molecule has 1 atom stereocenters. The molecule has 1 amide bonds. The van der Waals surface area contributed by atoms with Crippen molar-refractivity contribution in [3.8, 4) is 0 Å². The van der Waals surface area contributed by atoms with Crippen molar-refractivity contribution < 1.29 is 4.79 Å². The highest BCUT2D eigenvalue weighted by Crippen LogP contribution is 2.22. The summed E-state index contributed by atoms with van der Waals surface area (Å²) in [5.41, 5.74) is 0. The van der Waals surface area contributed by atoms with Gasteiger partial charge in [-0.3, -0.25) is 4.79 Å². The maximum Gasteiger partial charge on any atom is 0.223 e. The number of hydrogen-bond donors (Lipinski definition) is 2.